The van der Waals surface area contributed by atoms with E-state index in [9.17, 15) is 13.2 Å². The lowest BCUT2D eigenvalue weighted by Gasteiger charge is -2.39. The van der Waals surface area contributed by atoms with Gasteiger partial charge in [0.2, 0.25) is 11.8 Å². The first-order valence-electron chi connectivity index (χ1n) is 17.2. The highest BCUT2D eigenvalue weighted by atomic mass is 32.2. The average Bonchev–Trinajstić information content (AvgIpc) is 3.07. The van der Waals surface area contributed by atoms with Crippen LogP contribution in [0.15, 0.2) is 65.8 Å². The Hall–Kier alpha value is -4.58. The van der Waals surface area contributed by atoms with Gasteiger partial charge in [-0.25, -0.2) is 23.1 Å². The Kier molecular flexibility index (Phi) is 9.23. The van der Waals surface area contributed by atoms with Crippen LogP contribution in [-0.4, -0.2) is 64.9 Å². The molecule has 2 aromatic carbocycles. The third-order valence-electron chi connectivity index (χ3n) is 10.3. The first kappa shape index (κ1) is 32.9. The van der Waals surface area contributed by atoms with Crippen molar-refractivity contribution in [3.63, 3.8) is 0 Å². The van der Waals surface area contributed by atoms with E-state index >= 15 is 0 Å². The molecule has 2 saturated carbocycles. The molecule has 1 amide bonds. The molecule has 2 aliphatic carbocycles. The van der Waals surface area contributed by atoms with Crippen molar-refractivity contribution in [2.75, 3.05) is 23.3 Å². The second kappa shape index (κ2) is 13.7. The summed E-state index contributed by atoms with van der Waals surface area (Å²) in [6, 6.07) is 14.0. The molecule has 256 valence electrons. The van der Waals surface area contributed by atoms with E-state index in [1.807, 2.05) is 44.0 Å². The van der Waals surface area contributed by atoms with Crippen LogP contribution in [0.4, 0.5) is 11.8 Å². The van der Waals surface area contributed by atoms with E-state index in [-0.39, 0.29) is 53.3 Å². The van der Waals surface area contributed by atoms with Crippen molar-refractivity contribution in [1.82, 2.24) is 24.8 Å². The number of sulfonamides is 1. The number of rotatable bonds is 6. The molecule has 0 radical (unpaired) electrons. The Balaban J connectivity index is 1.34. The molecule has 7 rings (SSSR count). The highest BCUT2D eigenvalue weighted by Gasteiger charge is 2.35. The predicted octanol–water partition coefficient (Wildman–Crippen LogP) is 6.32. The van der Waals surface area contributed by atoms with E-state index in [1.165, 1.54) is 18.6 Å². The Bertz CT molecular complexity index is 1940. The third-order valence-corrected chi connectivity index (χ3v) is 11.6. The van der Waals surface area contributed by atoms with Crippen LogP contribution < -0.4 is 14.4 Å². The number of nitrogens with one attached hydrogen (secondary N) is 1. The number of hydrogen-bond acceptors (Lipinski definition) is 9. The third kappa shape index (κ3) is 6.96. The number of amides is 1. The van der Waals surface area contributed by atoms with Gasteiger partial charge in [-0.05, 0) is 81.2 Å². The number of benzene rings is 2. The average molecular weight is 682 g/mol. The summed E-state index contributed by atoms with van der Waals surface area (Å²) in [5, 5.41) is 0. The summed E-state index contributed by atoms with van der Waals surface area (Å²) in [5.41, 5.74) is 4.34. The van der Waals surface area contributed by atoms with Crippen LogP contribution in [0, 0.1) is 19.8 Å². The van der Waals surface area contributed by atoms with E-state index in [2.05, 4.69) is 24.6 Å². The standard InChI is InChI=1S/C37H43N7O4S/c1-24-10-7-11-25(2)35(24)31-19-34-41-37(40-31)42-49(46,47)30-17-8-14-27(18-30)36(45)44(32(23-48-34)26-12-5-4-6-13-26)22-28-20-38-21-33(39-28)43(3)29-15-9-16-29/h7-8,10-11,14,17-21,26,29,32H,4-6,9,12-13,15-16,22-23H2,1-3H3,(H,40,41,42)/t32-/m0/s1. The van der Waals surface area contributed by atoms with Gasteiger partial charge in [-0.15, -0.1) is 0 Å². The molecular weight excluding hydrogens is 639 g/mol. The summed E-state index contributed by atoms with van der Waals surface area (Å²) in [6.07, 6.45) is 12.1. The van der Waals surface area contributed by atoms with Crippen molar-refractivity contribution in [1.29, 1.82) is 0 Å². The lowest BCUT2D eigenvalue weighted by Crippen LogP contribution is -2.48. The van der Waals surface area contributed by atoms with Crippen LogP contribution in [0.1, 0.15) is 78.5 Å². The molecule has 1 atom stereocenters. The molecule has 49 heavy (non-hydrogen) atoms. The molecule has 3 aliphatic rings. The van der Waals surface area contributed by atoms with Gasteiger partial charge in [0.05, 0.1) is 41.3 Å². The van der Waals surface area contributed by atoms with Gasteiger partial charge in [0.15, 0.2) is 0 Å². The molecule has 2 fully saturated rings. The number of ether oxygens (including phenoxy) is 1. The van der Waals surface area contributed by atoms with Gasteiger partial charge in [-0.1, -0.05) is 43.5 Å². The van der Waals surface area contributed by atoms with E-state index in [0.29, 0.717) is 17.4 Å². The highest BCUT2D eigenvalue weighted by molar-refractivity contribution is 7.92. The van der Waals surface area contributed by atoms with Crippen LogP contribution in [0.25, 0.3) is 11.3 Å². The van der Waals surface area contributed by atoms with Gasteiger partial charge in [0.25, 0.3) is 15.9 Å². The fourth-order valence-corrected chi connectivity index (χ4v) is 8.31. The van der Waals surface area contributed by atoms with Crippen molar-refractivity contribution in [2.45, 2.75) is 88.7 Å². The summed E-state index contributed by atoms with van der Waals surface area (Å²) < 4.78 is 36.6. The summed E-state index contributed by atoms with van der Waals surface area (Å²) >= 11 is 0. The number of anilines is 2. The molecule has 2 aromatic heterocycles. The Morgan fingerprint density at radius 1 is 0.918 bits per heavy atom. The van der Waals surface area contributed by atoms with E-state index in [4.69, 9.17) is 9.72 Å². The predicted molar refractivity (Wildman–Crippen MR) is 188 cm³/mol. The zero-order valence-corrected chi connectivity index (χ0v) is 29.1. The first-order valence-corrected chi connectivity index (χ1v) is 18.7. The maximum atomic E-state index is 14.6. The quantitative estimate of drug-likeness (QED) is 0.248. The van der Waals surface area contributed by atoms with Gasteiger partial charge in [0, 0.05) is 30.3 Å². The van der Waals surface area contributed by atoms with Gasteiger partial charge < -0.3 is 14.5 Å². The molecule has 1 N–H and O–H groups in total. The summed E-state index contributed by atoms with van der Waals surface area (Å²) in [6.45, 7) is 4.35. The van der Waals surface area contributed by atoms with Crippen molar-refractivity contribution in [3.05, 3.63) is 83.3 Å². The minimum Gasteiger partial charge on any atom is -0.475 e. The zero-order valence-electron chi connectivity index (χ0n) is 28.3. The van der Waals surface area contributed by atoms with E-state index < -0.39 is 10.0 Å². The summed E-state index contributed by atoms with van der Waals surface area (Å²) in [4.78, 5) is 37.2. The number of hydrogen-bond donors (Lipinski definition) is 1. The molecular formula is C37H43N7O4S. The number of carbonyl (C=O) groups is 1. The van der Waals surface area contributed by atoms with Crippen LogP contribution in [0.3, 0.4) is 0 Å². The van der Waals surface area contributed by atoms with E-state index in [1.54, 1.807) is 30.6 Å². The number of carbonyl (C=O) groups excluding carboxylic acids is 1. The molecule has 4 aromatic rings. The second-order valence-corrected chi connectivity index (χ2v) is 15.3. The molecule has 0 unspecified atom stereocenters. The molecule has 11 nitrogen and oxygen atoms in total. The van der Waals surface area contributed by atoms with Crippen molar-refractivity contribution in [3.8, 4) is 17.1 Å². The monoisotopic (exact) mass is 681 g/mol. The number of nitrogens with zero attached hydrogens (tertiary/aromatic N) is 6. The Morgan fingerprint density at radius 3 is 2.41 bits per heavy atom. The van der Waals surface area contributed by atoms with Crippen molar-refractivity contribution < 1.29 is 17.9 Å². The minimum absolute atomic E-state index is 0.0563. The number of aromatic nitrogens is 4. The Labute approximate surface area is 288 Å². The van der Waals surface area contributed by atoms with Crippen molar-refractivity contribution in [2.24, 2.45) is 5.92 Å². The maximum absolute atomic E-state index is 14.6. The van der Waals surface area contributed by atoms with Crippen molar-refractivity contribution >= 4 is 27.7 Å². The van der Waals surface area contributed by atoms with Crippen LogP contribution in [-0.2, 0) is 16.6 Å². The fraction of sp³-hybridized carbons (Fsp3) is 0.432. The zero-order chi connectivity index (χ0) is 34.1. The minimum atomic E-state index is -4.16. The maximum Gasteiger partial charge on any atom is 0.264 e. The number of fused-ring (bicyclic) bond motifs is 4. The lowest BCUT2D eigenvalue weighted by molar-refractivity contribution is 0.0413. The fourth-order valence-electron chi connectivity index (χ4n) is 7.32. The normalized spacial score (nSPS) is 19.8. The molecule has 0 saturated heterocycles. The van der Waals surface area contributed by atoms with Gasteiger partial charge in [-0.3, -0.25) is 9.78 Å². The first-order chi connectivity index (χ1) is 23.7. The van der Waals surface area contributed by atoms with Gasteiger partial charge in [0.1, 0.15) is 12.4 Å². The van der Waals surface area contributed by atoms with Crippen LogP contribution in [0.5, 0.6) is 5.88 Å². The summed E-state index contributed by atoms with van der Waals surface area (Å²) in [7, 11) is -2.12. The number of aryl methyl sites for hydroxylation is 2. The summed E-state index contributed by atoms with van der Waals surface area (Å²) in [5.74, 6) is 0.788. The SMILES string of the molecule is Cc1cccc(C)c1-c1cc2nc(n1)NS(=O)(=O)c1cccc(c1)C(=O)N(Cc1cncc(N(C)C3CCC3)n1)[C@H](C1CCCCC1)CO2. The lowest BCUT2D eigenvalue weighted by atomic mass is 9.83. The molecule has 0 spiro atoms. The second-order valence-electron chi connectivity index (χ2n) is 13.6. The van der Waals surface area contributed by atoms with E-state index in [0.717, 1.165) is 67.5 Å². The largest absolute Gasteiger partial charge is 0.475 e. The van der Waals surface area contributed by atoms with Gasteiger partial charge >= 0.3 is 0 Å². The molecule has 3 heterocycles. The highest BCUT2D eigenvalue weighted by Crippen LogP contribution is 2.34. The Morgan fingerprint density at radius 2 is 1.67 bits per heavy atom. The molecule has 1 aliphatic heterocycles. The van der Waals surface area contributed by atoms with Gasteiger partial charge in [-0.2, -0.15) is 4.98 Å². The van der Waals surface area contributed by atoms with Crippen LogP contribution in [0.2, 0.25) is 0 Å². The molecule has 4 bridgehead atoms. The smallest absolute Gasteiger partial charge is 0.264 e. The topological polar surface area (TPSA) is 131 Å². The van der Waals surface area contributed by atoms with Crippen LogP contribution >= 0.6 is 0 Å². The molecule has 12 heteroatoms.